The zero-order chi connectivity index (χ0) is 14.3. The van der Waals surface area contributed by atoms with Crippen molar-refractivity contribution in [1.82, 2.24) is 9.88 Å². The van der Waals surface area contributed by atoms with Crippen LogP contribution in [0, 0.1) is 5.41 Å². The summed E-state index contributed by atoms with van der Waals surface area (Å²) >= 11 is 0. The summed E-state index contributed by atoms with van der Waals surface area (Å²) in [5, 5.41) is 1.43. The molecule has 2 heteroatoms. The molecular formula is C19H24N2. The number of aromatic nitrogens is 1. The zero-order valence-electron chi connectivity index (χ0n) is 12.9. The summed E-state index contributed by atoms with van der Waals surface area (Å²) in [5.74, 6) is 0. The summed E-state index contributed by atoms with van der Waals surface area (Å²) < 4.78 is 0. The van der Waals surface area contributed by atoms with E-state index in [0.717, 1.165) is 6.54 Å². The summed E-state index contributed by atoms with van der Waals surface area (Å²) in [6, 6.07) is 8.78. The second-order valence-corrected chi connectivity index (χ2v) is 6.73. The Labute approximate surface area is 126 Å². The Morgan fingerprint density at radius 1 is 1.24 bits per heavy atom. The van der Waals surface area contributed by atoms with Crippen molar-refractivity contribution in [1.29, 1.82) is 0 Å². The molecule has 0 spiro atoms. The van der Waals surface area contributed by atoms with Gasteiger partial charge in [-0.3, -0.25) is 4.90 Å². The lowest BCUT2D eigenvalue weighted by atomic mass is 9.78. The standard InChI is InChI=1S/C19H24N2/c1-2-19-10-5-12-21(14-19)13-9-16-15-6-3-4-7-17(15)20-18(16)8-11-19/h3-7,10,20H,2,8-9,11-14H2,1H3/t19-/m1/s1. The molecule has 2 aromatic rings. The molecule has 1 unspecified atom stereocenters. The number of aryl methyl sites for hydroxylation is 1. The molecule has 110 valence electrons. The van der Waals surface area contributed by atoms with Gasteiger partial charge >= 0.3 is 0 Å². The summed E-state index contributed by atoms with van der Waals surface area (Å²) in [6.07, 6.45) is 9.75. The van der Waals surface area contributed by atoms with Gasteiger partial charge in [0.15, 0.2) is 0 Å². The molecule has 2 aliphatic rings. The van der Waals surface area contributed by atoms with E-state index in [-0.39, 0.29) is 0 Å². The molecule has 0 radical (unpaired) electrons. The Hall–Kier alpha value is -1.54. The second-order valence-electron chi connectivity index (χ2n) is 6.73. The minimum atomic E-state index is 0.386. The number of rotatable bonds is 1. The minimum absolute atomic E-state index is 0.386. The Bertz CT molecular complexity index is 682. The first-order valence-corrected chi connectivity index (χ1v) is 8.28. The molecule has 1 aromatic heterocycles. The van der Waals surface area contributed by atoms with E-state index in [1.54, 1.807) is 5.56 Å². The molecule has 0 saturated heterocycles. The van der Waals surface area contributed by atoms with Crippen LogP contribution in [0.15, 0.2) is 36.4 Å². The van der Waals surface area contributed by atoms with Gasteiger partial charge in [0.05, 0.1) is 0 Å². The zero-order valence-corrected chi connectivity index (χ0v) is 12.9. The van der Waals surface area contributed by atoms with Gasteiger partial charge in [-0.1, -0.05) is 37.3 Å². The molecule has 0 saturated carbocycles. The summed E-state index contributed by atoms with van der Waals surface area (Å²) in [5.41, 5.74) is 4.73. The molecular weight excluding hydrogens is 256 g/mol. The van der Waals surface area contributed by atoms with Crippen molar-refractivity contribution < 1.29 is 0 Å². The third-order valence-electron chi connectivity index (χ3n) is 5.53. The average Bonchev–Trinajstić information content (AvgIpc) is 2.90. The lowest BCUT2D eigenvalue weighted by molar-refractivity contribution is 0.175. The van der Waals surface area contributed by atoms with E-state index in [9.17, 15) is 0 Å². The van der Waals surface area contributed by atoms with Crippen LogP contribution in [0.3, 0.4) is 0 Å². The van der Waals surface area contributed by atoms with Gasteiger partial charge < -0.3 is 4.98 Å². The van der Waals surface area contributed by atoms with Crippen molar-refractivity contribution in [3.8, 4) is 0 Å². The predicted octanol–water partition coefficient (Wildman–Crippen LogP) is 3.92. The van der Waals surface area contributed by atoms with Crippen molar-refractivity contribution >= 4 is 10.9 Å². The number of hydrogen-bond donors (Lipinski definition) is 1. The Balaban J connectivity index is 1.77. The fraction of sp³-hybridized carbons (Fsp3) is 0.474. The van der Waals surface area contributed by atoms with Crippen LogP contribution < -0.4 is 0 Å². The van der Waals surface area contributed by atoms with Crippen molar-refractivity contribution in [2.24, 2.45) is 5.41 Å². The SMILES string of the molecule is CC[C@@]12C=CCN(CCc3c([nH]c4ccccc34)CC1)C2. The Morgan fingerprint density at radius 2 is 2.14 bits per heavy atom. The minimum Gasteiger partial charge on any atom is -0.358 e. The van der Waals surface area contributed by atoms with E-state index in [0.29, 0.717) is 5.41 Å². The molecule has 0 aliphatic carbocycles. The van der Waals surface area contributed by atoms with E-state index >= 15 is 0 Å². The van der Waals surface area contributed by atoms with Crippen molar-refractivity contribution in [3.05, 3.63) is 47.7 Å². The van der Waals surface area contributed by atoms with Crippen LogP contribution >= 0.6 is 0 Å². The highest BCUT2D eigenvalue weighted by Gasteiger charge is 2.31. The fourth-order valence-corrected chi connectivity index (χ4v) is 4.15. The molecule has 21 heavy (non-hydrogen) atoms. The molecule has 3 heterocycles. The van der Waals surface area contributed by atoms with Crippen LogP contribution in [0.25, 0.3) is 10.9 Å². The van der Waals surface area contributed by atoms with Gasteiger partial charge in [-0.15, -0.1) is 0 Å². The molecule has 1 aromatic carbocycles. The Morgan fingerprint density at radius 3 is 3.05 bits per heavy atom. The summed E-state index contributed by atoms with van der Waals surface area (Å²) in [6.45, 7) is 5.89. The third kappa shape index (κ3) is 2.22. The van der Waals surface area contributed by atoms with E-state index in [1.165, 1.54) is 55.4 Å². The first-order valence-electron chi connectivity index (χ1n) is 8.28. The molecule has 2 nitrogen and oxygen atoms in total. The predicted molar refractivity (Wildman–Crippen MR) is 88.6 cm³/mol. The third-order valence-corrected chi connectivity index (χ3v) is 5.53. The quantitative estimate of drug-likeness (QED) is 0.784. The largest absolute Gasteiger partial charge is 0.358 e. The second kappa shape index (κ2) is 5.03. The highest BCUT2D eigenvalue weighted by atomic mass is 15.1. The number of fused-ring (bicyclic) bond motifs is 5. The first kappa shape index (κ1) is 13.1. The molecule has 2 atom stereocenters. The van der Waals surface area contributed by atoms with Crippen LogP contribution in [-0.2, 0) is 12.8 Å². The van der Waals surface area contributed by atoms with Crippen molar-refractivity contribution in [2.45, 2.75) is 32.6 Å². The smallest absolute Gasteiger partial charge is 0.0458 e. The maximum atomic E-state index is 3.69. The molecule has 4 rings (SSSR count). The van der Waals surface area contributed by atoms with Gasteiger partial charge in [-0.05, 0) is 37.3 Å². The highest BCUT2D eigenvalue weighted by Crippen LogP contribution is 2.36. The van der Waals surface area contributed by atoms with E-state index in [1.807, 2.05) is 0 Å². The lowest BCUT2D eigenvalue weighted by Gasteiger charge is -2.38. The van der Waals surface area contributed by atoms with Gasteiger partial charge in [-0.2, -0.15) is 0 Å². The molecule has 0 amide bonds. The number of para-hydroxylation sites is 1. The topological polar surface area (TPSA) is 19.0 Å². The maximum absolute atomic E-state index is 3.69. The van der Waals surface area contributed by atoms with Crippen molar-refractivity contribution in [2.75, 3.05) is 19.6 Å². The van der Waals surface area contributed by atoms with Crippen LogP contribution in [0.1, 0.15) is 31.0 Å². The number of hydrogen-bond acceptors (Lipinski definition) is 1. The van der Waals surface area contributed by atoms with Gasteiger partial charge in [0.1, 0.15) is 0 Å². The summed E-state index contributed by atoms with van der Waals surface area (Å²) in [4.78, 5) is 6.33. The number of nitrogens with one attached hydrogen (secondary N) is 1. The van der Waals surface area contributed by atoms with Gasteiger partial charge in [0.25, 0.3) is 0 Å². The van der Waals surface area contributed by atoms with E-state index in [2.05, 4.69) is 53.2 Å². The lowest BCUT2D eigenvalue weighted by Crippen LogP contribution is -2.40. The Kier molecular flexibility index (Phi) is 3.15. The highest BCUT2D eigenvalue weighted by molar-refractivity contribution is 5.84. The van der Waals surface area contributed by atoms with E-state index < -0.39 is 0 Å². The van der Waals surface area contributed by atoms with Crippen LogP contribution in [-0.4, -0.2) is 29.5 Å². The first-order chi connectivity index (χ1) is 10.3. The van der Waals surface area contributed by atoms with Crippen LogP contribution in [0.2, 0.25) is 0 Å². The molecule has 2 aliphatic heterocycles. The van der Waals surface area contributed by atoms with Crippen LogP contribution in [0.5, 0.6) is 0 Å². The van der Waals surface area contributed by atoms with Gasteiger partial charge in [-0.25, -0.2) is 0 Å². The number of aromatic amines is 1. The summed E-state index contributed by atoms with van der Waals surface area (Å²) in [7, 11) is 0. The maximum Gasteiger partial charge on any atom is 0.0458 e. The molecule has 2 bridgehead atoms. The monoisotopic (exact) mass is 280 g/mol. The van der Waals surface area contributed by atoms with E-state index in [4.69, 9.17) is 0 Å². The van der Waals surface area contributed by atoms with Gasteiger partial charge in [0.2, 0.25) is 0 Å². The van der Waals surface area contributed by atoms with Crippen LogP contribution in [0.4, 0.5) is 0 Å². The number of benzene rings is 1. The molecule has 1 N–H and O–H groups in total. The number of nitrogens with zero attached hydrogens (tertiary/aromatic N) is 1. The average molecular weight is 280 g/mol. The number of H-pyrrole nitrogens is 1. The normalized spacial score (nSPS) is 28.7. The van der Waals surface area contributed by atoms with Gasteiger partial charge in [0, 0.05) is 41.6 Å². The fourth-order valence-electron chi connectivity index (χ4n) is 4.15. The molecule has 0 fully saturated rings. The van der Waals surface area contributed by atoms with Crippen molar-refractivity contribution in [3.63, 3.8) is 0 Å².